The van der Waals surface area contributed by atoms with Gasteiger partial charge in [0.15, 0.2) is 12.4 Å². The number of methoxy groups -OCH3 is 1. The smallest absolute Gasteiger partial charge is 0.262 e. The van der Waals surface area contributed by atoms with Crippen LogP contribution >= 0.6 is 0 Å². The molecule has 0 spiro atoms. The molecule has 6 rings (SSSR count). The van der Waals surface area contributed by atoms with Crippen LogP contribution in [0.5, 0.6) is 17.4 Å². The molecule has 55 heavy (non-hydrogen) atoms. The van der Waals surface area contributed by atoms with Crippen molar-refractivity contribution in [1.29, 1.82) is 0 Å². The molecule has 2 aliphatic heterocycles. The molecule has 1 saturated carbocycles. The van der Waals surface area contributed by atoms with Crippen LogP contribution in [-0.4, -0.2) is 125 Å². The number of ether oxygens (including phenoxy) is 3. The number of aromatic nitrogens is 2. The van der Waals surface area contributed by atoms with Crippen LogP contribution in [-0.2, 0) is 27.3 Å². The highest BCUT2D eigenvalue weighted by Gasteiger charge is 2.33. The second kappa shape index (κ2) is 19.4. The van der Waals surface area contributed by atoms with Crippen LogP contribution in [0.15, 0.2) is 48.7 Å². The van der Waals surface area contributed by atoms with Crippen LogP contribution in [0.1, 0.15) is 67.7 Å². The summed E-state index contributed by atoms with van der Waals surface area (Å²) >= 11 is 0. The van der Waals surface area contributed by atoms with Gasteiger partial charge in [0.05, 0.1) is 38.4 Å². The number of phenols is 1. The Hall–Kier alpha value is -4.54. The quantitative estimate of drug-likeness (QED) is 0.0773. The molecule has 3 aromatic rings. The number of fused-ring (bicyclic) bond motifs is 1. The lowest BCUT2D eigenvalue weighted by molar-refractivity contribution is -0.134. The summed E-state index contributed by atoms with van der Waals surface area (Å²) < 4.78 is 16.6. The van der Waals surface area contributed by atoms with Crippen LogP contribution < -0.4 is 25.4 Å². The highest BCUT2D eigenvalue weighted by atomic mass is 16.5. The first-order valence-corrected chi connectivity index (χ1v) is 19.4. The van der Waals surface area contributed by atoms with Gasteiger partial charge in [-0.1, -0.05) is 37.1 Å². The molecule has 15 nitrogen and oxygen atoms in total. The van der Waals surface area contributed by atoms with Gasteiger partial charge >= 0.3 is 0 Å². The second-order valence-electron chi connectivity index (χ2n) is 14.7. The lowest BCUT2D eigenvalue weighted by Gasteiger charge is -2.38. The molecule has 1 aliphatic carbocycles. The van der Waals surface area contributed by atoms with E-state index in [1.54, 1.807) is 25.4 Å². The van der Waals surface area contributed by atoms with Crippen molar-refractivity contribution in [3.63, 3.8) is 0 Å². The van der Waals surface area contributed by atoms with Gasteiger partial charge in [0.1, 0.15) is 11.4 Å². The van der Waals surface area contributed by atoms with Gasteiger partial charge in [-0.25, -0.2) is 4.98 Å². The van der Waals surface area contributed by atoms with E-state index in [0.29, 0.717) is 69.5 Å². The molecule has 6 N–H and O–H groups in total. The summed E-state index contributed by atoms with van der Waals surface area (Å²) in [5, 5.41) is 41.2. The molecule has 1 saturated heterocycles. The molecule has 2 fully saturated rings. The van der Waals surface area contributed by atoms with E-state index in [1.807, 2.05) is 4.90 Å². The Bertz CT molecular complexity index is 1730. The third kappa shape index (κ3) is 11.3. The summed E-state index contributed by atoms with van der Waals surface area (Å²) in [4.78, 5) is 37.9. The number of nitrogens with one attached hydrogen (secondary N) is 3. The highest BCUT2D eigenvalue weighted by Crippen LogP contribution is 2.41. The number of hydrogen-bond donors (Lipinski definition) is 6. The first-order chi connectivity index (χ1) is 26.7. The second-order valence-corrected chi connectivity index (χ2v) is 14.7. The van der Waals surface area contributed by atoms with Gasteiger partial charge < -0.3 is 50.4 Å². The van der Waals surface area contributed by atoms with Crippen molar-refractivity contribution in [3.8, 4) is 17.4 Å². The van der Waals surface area contributed by atoms with Crippen molar-refractivity contribution < 1.29 is 39.1 Å². The molecular weight excluding hydrogens is 706 g/mol. The number of aliphatic hydroxyl groups excluding tert-OH is 1. The number of phenolic OH excluding ortho intramolecular Hbond substituents is 1. The van der Waals surface area contributed by atoms with Gasteiger partial charge in [0, 0.05) is 69.7 Å². The number of anilines is 2. The summed E-state index contributed by atoms with van der Waals surface area (Å²) in [5.41, 5.74) is 2.21. The van der Waals surface area contributed by atoms with Crippen molar-refractivity contribution in [3.05, 3.63) is 65.4 Å². The lowest BCUT2D eigenvalue weighted by Crippen LogP contribution is -2.48. The zero-order chi connectivity index (χ0) is 38.6. The minimum absolute atomic E-state index is 0.0748. The number of piperidine rings is 1. The zero-order valence-electron chi connectivity index (χ0n) is 31.7. The van der Waals surface area contributed by atoms with Gasteiger partial charge in [-0.3, -0.25) is 14.5 Å². The number of nitrogens with zero attached hydrogens (tertiary/aromatic N) is 4. The van der Waals surface area contributed by atoms with Crippen LogP contribution in [0, 0.1) is 0 Å². The van der Waals surface area contributed by atoms with Gasteiger partial charge in [0.25, 0.3) is 5.91 Å². The van der Waals surface area contributed by atoms with E-state index in [1.165, 1.54) is 17.2 Å². The number of carbonyl (C=O) groups is 2. The Labute approximate surface area is 322 Å². The fourth-order valence-electron chi connectivity index (χ4n) is 7.54. The molecule has 15 heteroatoms. The summed E-state index contributed by atoms with van der Waals surface area (Å²) in [5.74, 6) is 0.769. The number of benzene rings is 2. The predicted octanol–water partition coefficient (Wildman–Crippen LogP) is 3.00. The van der Waals surface area contributed by atoms with E-state index >= 15 is 0 Å². The van der Waals surface area contributed by atoms with E-state index in [0.717, 1.165) is 51.7 Å². The van der Waals surface area contributed by atoms with E-state index < -0.39 is 11.7 Å². The zero-order valence-corrected chi connectivity index (χ0v) is 31.7. The highest BCUT2D eigenvalue weighted by molar-refractivity contribution is 5.97. The van der Waals surface area contributed by atoms with E-state index in [9.17, 15) is 24.9 Å². The fourth-order valence-corrected chi connectivity index (χ4v) is 7.54. The molecule has 3 aliphatic rings. The monoisotopic (exact) mass is 761 g/mol. The third-order valence-corrected chi connectivity index (χ3v) is 10.7. The molecule has 1 aromatic heterocycles. The summed E-state index contributed by atoms with van der Waals surface area (Å²) in [6, 6.07) is 13.4. The topological polar surface area (TPSA) is 191 Å². The van der Waals surface area contributed by atoms with Gasteiger partial charge in [-0.05, 0) is 55.4 Å². The number of carbonyl (C=O) groups excluding carboxylic acids is 2. The molecule has 1 atom stereocenters. The molecule has 2 aromatic carbocycles. The Morgan fingerprint density at radius 2 is 1.95 bits per heavy atom. The first-order valence-electron chi connectivity index (χ1n) is 19.4. The average Bonchev–Trinajstić information content (AvgIpc) is 3.73. The number of rotatable bonds is 19. The fraction of sp³-hybridized carbons (Fsp3) is 0.550. The first kappa shape index (κ1) is 40.1. The summed E-state index contributed by atoms with van der Waals surface area (Å²) in [7, 11) is 1.56. The Morgan fingerprint density at radius 1 is 1.15 bits per heavy atom. The van der Waals surface area contributed by atoms with Crippen LogP contribution in [0.4, 0.5) is 11.6 Å². The van der Waals surface area contributed by atoms with Crippen LogP contribution in [0.2, 0.25) is 0 Å². The maximum absolute atomic E-state index is 13.4. The van der Waals surface area contributed by atoms with Gasteiger partial charge in [-0.15, -0.1) is 0 Å². The maximum atomic E-state index is 13.4. The van der Waals surface area contributed by atoms with Crippen LogP contribution in [0.3, 0.4) is 0 Å². The molecule has 0 unspecified atom stereocenters. The number of aliphatic hydroxyl groups is 2. The van der Waals surface area contributed by atoms with Gasteiger partial charge in [0.2, 0.25) is 17.7 Å². The number of amides is 2. The Balaban J connectivity index is 0.887. The minimum Gasteiger partial charge on any atom is -0.506 e. The van der Waals surface area contributed by atoms with Crippen molar-refractivity contribution in [2.45, 2.75) is 75.7 Å². The van der Waals surface area contributed by atoms with Gasteiger partial charge in [-0.2, -0.15) is 4.98 Å². The molecule has 298 valence electrons. The maximum Gasteiger partial charge on any atom is 0.262 e. The minimum atomic E-state index is -0.934. The number of likely N-dealkylation sites (tertiary alicyclic amines) is 1. The third-order valence-electron chi connectivity index (χ3n) is 10.7. The van der Waals surface area contributed by atoms with E-state index in [-0.39, 0.29) is 48.2 Å². The van der Waals surface area contributed by atoms with E-state index in [4.69, 9.17) is 14.2 Å². The molecule has 0 bridgehead atoms. The Kier molecular flexibility index (Phi) is 14.1. The average molecular weight is 762 g/mol. The van der Waals surface area contributed by atoms with Crippen molar-refractivity contribution in [1.82, 2.24) is 25.1 Å². The molecule has 0 radical (unpaired) electrons. The standard InChI is InChI=1S/C40H55N7O8/c1-53-35-11-16-42-39(45-35)43-27-40(52)14-18-46(19-15-40)25-29-6-4-5-28(23-29)12-21-54-22-13-36(51)47(30-7-2-3-8-30)20-17-41-24-33(49)31-9-10-32(48)37-38(31)55-26-34(50)44-37/h4-6,9-11,16,23,30,33,41,48-49,52H,2-3,7-8,12-15,17-22,24-27H2,1H3,(H,44,50)(H,42,43,45)/t33-/m0/s1. The Morgan fingerprint density at radius 3 is 2.75 bits per heavy atom. The number of aromatic hydroxyl groups is 1. The summed E-state index contributed by atoms with van der Waals surface area (Å²) in [6.45, 7) is 4.69. The lowest BCUT2D eigenvalue weighted by atomic mass is 9.91. The molecule has 2 amide bonds. The largest absolute Gasteiger partial charge is 0.506 e. The number of hydrogen-bond acceptors (Lipinski definition) is 13. The summed E-state index contributed by atoms with van der Waals surface area (Å²) in [6.07, 6.45) is 7.24. The van der Waals surface area contributed by atoms with Crippen molar-refractivity contribution >= 4 is 23.5 Å². The van der Waals surface area contributed by atoms with E-state index in [2.05, 4.69) is 55.1 Å². The molecule has 3 heterocycles. The SMILES string of the molecule is COc1ccnc(NCC2(O)CCN(Cc3cccc(CCOCCC(=O)N(CCNC[C@H](O)c4ccc(O)c5c4OCC(=O)N5)C4CCCC4)c3)CC2)n1. The van der Waals surface area contributed by atoms with Crippen molar-refractivity contribution in [2.75, 3.05) is 76.8 Å². The normalized spacial score (nSPS) is 17.5. The molecular formula is C40H55N7O8. The van der Waals surface area contributed by atoms with Crippen molar-refractivity contribution in [2.24, 2.45) is 0 Å². The predicted molar refractivity (Wildman–Crippen MR) is 206 cm³/mol. The van der Waals surface area contributed by atoms with Crippen LogP contribution in [0.25, 0.3) is 0 Å².